The average molecular weight is 442 g/mol. The fraction of sp³-hybridized carbons (Fsp3) is 0.550. The monoisotopic (exact) mass is 441 g/mol. The number of aliphatic hydroxyl groups is 1. The first-order chi connectivity index (χ1) is 14.2. The highest BCUT2D eigenvalue weighted by Gasteiger charge is 2.48. The molecule has 0 spiro atoms. The molecule has 1 fully saturated rings. The van der Waals surface area contributed by atoms with Crippen LogP contribution < -0.4 is 10.1 Å². The van der Waals surface area contributed by atoms with E-state index < -0.39 is 42.6 Å². The van der Waals surface area contributed by atoms with E-state index in [0.29, 0.717) is 24.1 Å². The fourth-order valence-electron chi connectivity index (χ4n) is 2.94. The minimum atomic E-state index is -1.31. The van der Waals surface area contributed by atoms with Gasteiger partial charge in [0.1, 0.15) is 11.9 Å². The lowest BCUT2D eigenvalue weighted by molar-refractivity contribution is -0.276. The first-order valence-electron chi connectivity index (χ1n) is 9.55. The molecule has 0 amide bonds. The van der Waals surface area contributed by atoms with Gasteiger partial charge in [0.25, 0.3) is 5.17 Å². The lowest BCUT2D eigenvalue weighted by Crippen LogP contribution is -2.60. The van der Waals surface area contributed by atoms with Crippen LogP contribution in [0.15, 0.2) is 24.3 Å². The molecular formula is C20H27NO8S. The lowest BCUT2D eigenvalue weighted by Gasteiger charge is -2.41. The maximum atomic E-state index is 11.5. The van der Waals surface area contributed by atoms with Gasteiger partial charge in [-0.25, -0.2) is 0 Å². The second-order valence-corrected chi connectivity index (χ2v) is 7.05. The number of ether oxygens (including phenoxy) is 5. The smallest absolute Gasteiger partial charge is 0.303 e. The van der Waals surface area contributed by atoms with Crippen molar-refractivity contribution < 1.29 is 38.4 Å². The van der Waals surface area contributed by atoms with Crippen LogP contribution in [-0.2, 0) is 35.1 Å². The van der Waals surface area contributed by atoms with E-state index in [9.17, 15) is 14.7 Å². The van der Waals surface area contributed by atoms with E-state index in [1.807, 2.05) is 19.1 Å². The van der Waals surface area contributed by atoms with Crippen LogP contribution in [-0.4, -0.2) is 59.5 Å². The first kappa shape index (κ1) is 23.8. The Kier molecular flexibility index (Phi) is 8.82. The number of thiocarbonyl (C=S) groups is 1. The van der Waals surface area contributed by atoms with E-state index in [1.165, 1.54) is 13.8 Å². The summed E-state index contributed by atoms with van der Waals surface area (Å²) in [7, 11) is 0. The third-order valence-corrected chi connectivity index (χ3v) is 4.51. The highest BCUT2D eigenvalue weighted by molar-refractivity contribution is 7.80. The number of carbonyl (C=O) groups is 2. The SMILES string of the molecule is CCOC(=S)NCc1ccc(O[C@@H]2O[C@@H](C)[C@H](OC(C)=O)[C@@H](O)[C@H]2OC(C)=O)cc1. The topological polar surface area (TPSA) is 113 Å². The molecule has 1 heterocycles. The van der Waals surface area contributed by atoms with Gasteiger partial charge in [0.15, 0.2) is 12.2 Å². The van der Waals surface area contributed by atoms with E-state index >= 15 is 0 Å². The Morgan fingerprint density at radius 2 is 1.73 bits per heavy atom. The van der Waals surface area contributed by atoms with Crippen molar-refractivity contribution >= 4 is 29.3 Å². The Morgan fingerprint density at radius 3 is 2.30 bits per heavy atom. The standard InChI is InChI=1S/C20H27NO8S/c1-5-25-20(30)21-10-14-6-8-15(9-7-14)29-19-18(28-13(4)23)16(24)17(11(2)26-19)27-12(3)22/h6-9,11,16-19,24H,5,10H2,1-4H3,(H,21,30)/t11-,16+,17-,18+,19-/m0/s1. The third-order valence-electron chi connectivity index (χ3n) is 4.24. The predicted molar refractivity (Wildman–Crippen MR) is 110 cm³/mol. The van der Waals surface area contributed by atoms with Gasteiger partial charge in [-0.1, -0.05) is 12.1 Å². The van der Waals surface area contributed by atoms with Crippen LogP contribution in [0.3, 0.4) is 0 Å². The number of carbonyl (C=O) groups excluding carboxylic acids is 2. The van der Waals surface area contributed by atoms with Crippen molar-refractivity contribution in [1.82, 2.24) is 5.32 Å². The van der Waals surface area contributed by atoms with Crippen molar-refractivity contribution in [1.29, 1.82) is 0 Å². The predicted octanol–water partition coefficient (Wildman–Crippen LogP) is 1.45. The summed E-state index contributed by atoms with van der Waals surface area (Å²) in [6.07, 6.45) is -5.24. The number of benzene rings is 1. The van der Waals surface area contributed by atoms with E-state index in [4.69, 9.17) is 35.9 Å². The van der Waals surface area contributed by atoms with Crippen LogP contribution in [0, 0.1) is 0 Å². The zero-order chi connectivity index (χ0) is 22.3. The minimum absolute atomic E-state index is 0.322. The van der Waals surface area contributed by atoms with Crippen LogP contribution in [0.5, 0.6) is 5.75 Å². The number of hydrogen-bond donors (Lipinski definition) is 2. The summed E-state index contributed by atoms with van der Waals surface area (Å²) >= 11 is 5.02. The quantitative estimate of drug-likeness (QED) is 0.476. The summed E-state index contributed by atoms with van der Waals surface area (Å²) in [4.78, 5) is 22.8. The Labute approximate surface area is 180 Å². The number of rotatable bonds is 7. The molecule has 1 aliphatic heterocycles. The molecule has 1 aromatic rings. The van der Waals surface area contributed by atoms with E-state index in [-0.39, 0.29) is 0 Å². The molecule has 10 heteroatoms. The molecule has 2 N–H and O–H groups in total. The van der Waals surface area contributed by atoms with Gasteiger partial charge in [-0.3, -0.25) is 9.59 Å². The van der Waals surface area contributed by atoms with Crippen molar-refractivity contribution in [3.05, 3.63) is 29.8 Å². The molecule has 0 aromatic heterocycles. The summed E-state index contributed by atoms with van der Waals surface area (Å²) in [6.45, 7) is 6.88. The van der Waals surface area contributed by atoms with E-state index in [1.54, 1.807) is 19.1 Å². The molecule has 1 saturated heterocycles. The second kappa shape index (κ2) is 11.1. The molecule has 0 unspecified atom stereocenters. The molecule has 1 aliphatic rings. The molecule has 5 atom stereocenters. The summed E-state index contributed by atoms with van der Waals surface area (Å²) in [5.41, 5.74) is 0.939. The number of hydrogen-bond acceptors (Lipinski definition) is 9. The Balaban J connectivity index is 2.06. The number of nitrogens with one attached hydrogen (secondary N) is 1. The van der Waals surface area contributed by atoms with Crippen LogP contribution in [0.25, 0.3) is 0 Å². The molecule has 0 bridgehead atoms. The molecular weight excluding hydrogens is 414 g/mol. The number of aliphatic hydroxyl groups excluding tert-OH is 1. The van der Waals surface area contributed by atoms with Gasteiger partial charge in [-0.2, -0.15) is 0 Å². The van der Waals surface area contributed by atoms with Gasteiger partial charge in [-0.05, 0) is 43.8 Å². The van der Waals surface area contributed by atoms with Gasteiger partial charge in [0.05, 0.1) is 12.7 Å². The minimum Gasteiger partial charge on any atom is -0.471 e. The fourth-order valence-corrected chi connectivity index (χ4v) is 3.13. The normalized spacial score (nSPS) is 25.7. The zero-order valence-electron chi connectivity index (χ0n) is 17.3. The first-order valence-corrected chi connectivity index (χ1v) is 9.96. The Bertz CT molecular complexity index is 741. The summed E-state index contributed by atoms with van der Waals surface area (Å²) < 4.78 is 27.0. The van der Waals surface area contributed by atoms with E-state index in [0.717, 1.165) is 5.56 Å². The van der Waals surface area contributed by atoms with Gasteiger partial charge >= 0.3 is 11.9 Å². The van der Waals surface area contributed by atoms with Crippen molar-refractivity contribution in [2.45, 2.75) is 64.9 Å². The molecule has 1 aromatic carbocycles. The van der Waals surface area contributed by atoms with Crippen LogP contribution >= 0.6 is 12.2 Å². The molecule has 0 aliphatic carbocycles. The highest BCUT2D eigenvalue weighted by atomic mass is 32.1. The zero-order valence-corrected chi connectivity index (χ0v) is 18.1. The van der Waals surface area contributed by atoms with Crippen molar-refractivity contribution in [3.8, 4) is 5.75 Å². The largest absolute Gasteiger partial charge is 0.471 e. The molecule has 0 saturated carbocycles. The summed E-state index contributed by atoms with van der Waals surface area (Å²) in [6, 6.07) is 7.07. The molecule has 9 nitrogen and oxygen atoms in total. The van der Waals surface area contributed by atoms with Gasteiger partial charge in [0.2, 0.25) is 6.29 Å². The maximum Gasteiger partial charge on any atom is 0.303 e. The van der Waals surface area contributed by atoms with Gasteiger partial charge in [0, 0.05) is 20.4 Å². The maximum absolute atomic E-state index is 11.5. The highest BCUT2D eigenvalue weighted by Crippen LogP contribution is 2.28. The molecule has 2 rings (SSSR count). The van der Waals surface area contributed by atoms with Crippen LogP contribution in [0.2, 0.25) is 0 Å². The third kappa shape index (κ3) is 6.82. The average Bonchev–Trinajstić information content (AvgIpc) is 2.67. The Morgan fingerprint density at radius 1 is 1.13 bits per heavy atom. The molecule has 0 radical (unpaired) electrons. The summed E-state index contributed by atoms with van der Waals surface area (Å²) in [5, 5.41) is 13.9. The molecule has 166 valence electrons. The van der Waals surface area contributed by atoms with Crippen LogP contribution in [0.4, 0.5) is 0 Å². The van der Waals surface area contributed by atoms with Gasteiger partial charge < -0.3 is 34.1 Å². The van der Waals surface area contributed by atoms with E-state index in [2.05, 4.69) is 5.32 Å². The van der Waals surface area contributed by atoms with Crippen molar-refractivity contribution in [3.63, 3.8) is 0 Å². The number of esters is 2. The second-order valence-electron chi connectivity index (χ2n) is 6.68. The van der Waals surface area contributed by atoms with Gasteiger partial charge in [-0.15, -0.1) is 0 Å². The Hall–Kier alpha value is -2.43. The summed E-state index contributed by atoms with van der Waals surface area (Å²) in [5.74, 6) is -0.763. The van der Waals surface area contributed by atoms with Crippen molar-refractivity contribution in [2.75, 3.05) is 6.61 Å². The molecule has 30 heavy (non-hydrogen) atoms. The van der Waals surface area contributed by atoms with Crippen molar-refractivity contribution in [2.24, 2.45) is 0 Å². The lowest BCUT2D eigenvalue weighted by atomic mass is 9.99. The van der Waals surface area contributed by atoms with Crippen LogP contribution in [0.1, 0.15) is 33.3 Å².